The summed E-state index contributed by atoms with van der Waals surface area (Å²) in [5, 5.41) is 0.494. The Kier molecular flexibility index (Phi) is 4.95. The highest BCUT2D eigenvalue weighted by molar-refractivity contribution is 8.00. The summed E-state index contributed by atoms with van der Waals surface area (Å²) in [4.78, 5) is 28.9. The molecule has 0 N–H and O–H groups in total. The van der Waals surface area contributed by atoms with Crippen LogP contribution in [0, 0.1) is 5.41 Å². The third kappa shape index (κ3) is 3.45. The van der Waals surface area contributed by atoms with E-state index in [2.05, 4.69) is 6.92 Å². The lowest BCUT2D eigenvalue weighted by molar-refractivity contribution is -0.147. The van der Waals surface area contributed by atoms with E-state index >= 15 is 0 Å². The molecule has 2 aliphatic heterocycles. The van der Waals surface area contributed by atoms with Gasteiger partial charge in [0.15, 0.2) is 0 Å². The van der Waals surface area contributed by atoms with E-state index in [1.165, 1.54) is 0 Å². The minimum atomic E-state index is -0.422. The van der Waals surface area contributed by atoms with Gasteiger partial charge >= 0.3 is 0 Å². The number of rotatable bonds is 1. The molecule has 2 amide bonds. The Bertz CT molecular complexity index is 395. The monoisotopic (exact) mass is 316 g/mol. The summed E-state index contributed by atoms with van der Waals surface area (Å²) in [6.07, 6.45) is 0. The first-order valence-corrected chi connectivity index (χ1v) is 9.30. The van der Waals surface area contributed by atoms with Gasteiger partial charge in [-0.3, -0.25) is 9.59 Å². The maximum absolute atomic E-state index is 12.7. The Hall–Kier alpha value is -0.360. The Labute approximate surface area is 130 Å². The van der Waals surface area contributed by atoms with Crippen molar-refractivity contribution in [2.24, 2.45) is 5.41 Å². The molecule has 2 atom stereocenters. The van der Waals surface area contributed by atoms with Crippen molar-refractivity contribution in [1.82, 2.24) is 9.80 Å². The van der Waals surface area contributed by atoms with Gasteiger partial charge in [0.25, 0.3) is 0 Å². The third-order valence-corrected chi connectivity index (χ3v) is 5.77. The lowest BCUT2D eigenvalue weighted by Crippen LogP contribution is -2.53. The van der Waals surface area contributed by atoms with Crippen molar-refractivity contribution < 1.29 is 9.59 Å². The van der Waals surface area contributed by atoms with Gasteiger partial charge in [-0.1, -0.05) is 27.7 Å². The molecule has 0 aromatic heterocycles. The predicted molar refractivity (Wildman–Crippen MR) is 85.9 cm³/mol. The lowest BCUT2D eigenvalue weighted by atomic mass is 9.94. The number of carbonyl (C=O) groups is 2. The molecule has 2 saturated heterocycles. The van der Waals surface area contributed by atoms with Crippen LogP contribution in [0.4, 0.5) is 0 Å². The van der Waals surface area contributed by atoms with Gasteiger partial charge in [-0.25, -0.2) is 0 Å². The van der Waals surface area contributed by atoms with E-state index in [-0.39, 0.29) is 17.9 Å². The second kappa shape index (κ2) is 6.18. The summed E-state index contributed by atoms with van der Waals surface area (Å²) in [5.74, 6) is 2.60. The Morgan fingerprint density at radius 2 is 1.95 bits per heavy atom. The van der Waals surface area contributed by atoms with Crippen molar-refractivity contribution in [3.63, 3.8) is 0 Å². The van der Waals surface area contributed by atoms with Gasteiger partial charge < -0.3 is 9.80 Å². The van der Waals surface area contributed by atoms with Gasteiger partial charge in [0.05, 0.1) is 5.88 Å². The molecule has 20 heavy (non-hydrogen) atoms. The molecular formula is C14H24N2O2S2. The van der Waals surface area contributed by atoms with Gasteiger partial charge in [0.2, 0.25) is 11.8 Å². The molecule has 0 saturated carbocycles. The molecule has 0 aromatic rings. The summed E-state index contributed by atoms with van der Waals surface area (Å²) in [5.41, 5.74) is -0.422. The van der Waals surface area contributed by atoms with E-state index < -0.39 is 5.41 Å². The summed E-state index contributed by atoms with van der Waals surface area (Å²) in [6.45, 7) is 9.53. The molecule has 0 bridgehead atoms. The Balaban J connectivity index is 2.06. The molecule has 114 valence electrons. The largest absolute Gasteiger partial charge is 0.339 e. The highest BCUT2D eigenvalue weighted by atomic mass is 32.2. The molecule has 2 heterocycles. The van der Waals surface area contributed by atoms with Crippen LogP contribution in [0.5, 0.6) is 0 Å². The minimum Gasteiger partial charge on any atom is -0.339 e. The van der Waals surface area contributed by atoms with Crippen LogP contribution in [0.15, 0.2) is 0 Å². The zero-order valence-corrected chi connectivity index (χ0v) is 14.4. The molecule has 0 aromatic carbocycles. The molecule has 0 radical (unpaired) electrons. The second-order valence-corrected chi connectivity index (χ2v) is 9.05. The highest BCUT2D eigenvalue weighted by Crippen LogP contribution is 2.29. The summed E-state index contributed by atoms with van der Waals surface area (Å²) in [6, 6.07) is -0.262. The maximum Gasteiger partial charge on any atom is 0.246 e. The van der Waals surface area contributed by atoms with Gasteiger partial charge in [-0.05, 0) is 0 Å². The topological polar surface area (TPSA) is 40.6 Å². The number of nitrogens with zero attached hydrogens (tertiary/aromatic N) is 2. The van der Waals surface area contributed by atoms with Crippen LogP contribution in [0.25, 0.3) is 0 Å². The molecule has 2 fully saturated rings. The van der Waals surface area contributed by atoms with Crippen molar-refractivity contribution >= 4 is 35.3 Å². The summed E-state index contributed by atoms with van der Waals surface area (Å²) >= 11 is 3.59. The predicted octanol–water partition coefficient (Wildman–Crippen LogP) is 1.90. The Morgan fingerprint density at radius 3 is 2.55 bits per heavy atom. The van der Waals surface area contributed by atoms with Crippen LogP contribution in [0.3, 0.4) is 0 Å². The first-order chi connectivity index (χ1) is 9.30. The normalized spacial score (nSPS) is 27.8. The second-order valence-electron chi connectivity index (χ2n) is 6.51. The fourth-order valence-corrected chi connectivity index (χ4v) is 4.67. The lowest BCUT2D eigenvalue weighted by Gasteiger charge is -2.36. The molecule has 0 aliphatic carbocycles. The molecule has 6 heteroatoms. The van der Waals surface area contributed by atoms with Crippen LogP contribution in [-0.4, -0.2) is 63.4 Å². The van der Waals surface area contributed by atoms with E-state index in [1.807, 2.05) is 37.4 Å². The van der Waals surface area contributed by atoms with E-state index in [0.29, 0.717) is 11.1 Å². The molecule has 2 aliphatic rings. The average Bonchev–Trinajstić information content (AvgIpc) is 2.84. The molecule has 0 unspecified atom stereocenters. The zero-order chi connectivity index (χ0) is 14.9. The van der Waals surface area contributed by atoms with E-state index in [4.69, 9.17) is 0 Å². The van der Waals surface area contributed by atoms with Crippen molar-refractivity contribution in [3.8, 4) is 0 Å². The standard InChI is InChI=1S/C14H24N2O2S2/c1-10-7-15(5-6-20-10)12(17)11-8-19-9-16(11)13(18)14(2,3)4/h10-11H,5-9H2,1-4H3/t10-,11+/m0/s1. The smallest absolute Gasteiger partial charge is 0.246 e. The van der Waals surface area contributed by atoms with Crippen molar-refractivity contribution in [1.29, 1.82) is 0 Å². The first-order valence-electron chi connectivity index (χ1n) is 7.10. The number of carbonyl (C=O) groups excluding carboxylic acids is 2. The van der Waals surface area contributed by atoms with Crippen molar-refractivity contribution in [2.75, 3.05) is 30.5 Å². The van der Waals surface area contributed by atoms with Crippen LogP contribution in [0.2, 0.25) is 0 Å². The first kappa shape index (κ1) is 16.0. The van der Waals surface area contributed by atoms with Crippen LogP contribution >= 0.6 is 23.5 Å². The van der Waals surface area contributed by atoms with Gasteiger partial charge in [-0.15, -0.1) is 11.8 Å². The molecule has 0 spiro atoms. The van der Waals surface area contributed by atoms with Crippen LogP contribution in [-0.2, 0) is 9.59 Å². The highest BCUT2D eigenvalue weighted by Gasteiger charge is 2.41. The zero-order valence-electron chi connectivity index (χ0n) is 12.7. The average molecular weight is 316 g/mol. The van der Waals surface area contributed by atoms with Gasteiger partial charge in [0.1, 0.15) is 6.04 Å². The van der Waals surface area contributed by atoms with Gasteiger partial charge in [-0.2, -0.15) is 11.8 Å². The number of hydrogen-bond donors (Lipinski definition) is 0. The SMILES string of the molecule is C[C@H]1CN(C(=O)[C@H]2CSCN2C(=O)C(C)(C)C)CCS1. The molecule has 2 rings (SSSR count). The van der Waals surface area contributed by atoms with E-state index in [0.717, 1.165) is 24.6 Å². The minimum absolute atomic E-state index is 0.0836. The quantitative estimate of drug-likeness (QED) is 0.741. The van der Waals surface area contributed by atoms with E-state index in [9.17, 15) is 9.59 Å². The summed E-state index contributed by atoms with van der Waals surface area (Å²) in [7, 11) is 0. The van der Waals surface area contributed by atoms with Gasteiger partial charge in [0, 0.05) is 35.3 Å². The molecule has 4 nitrogen and oxygen atoms in total. The van der Waals surface area contributed by atoms with Crippen LogP contribution in [0.1, 0.15) is 27.7 Å². The maximum atomic E-state index is 12.7. The van der Waals surface area contributed by atoms with Crippen molar-refractivity contribution in [2.45, 2.75) is 39.0 Å². The fraction of sp³-hybridized carbons (Fsp3) is 0.857. The third-order valence-electron chi connectivity index (χ3n) is 3.62. The van der Waals surface area contributed by atoms with Crippen LogP contribution < -0.4 is 0 Å². The van der Waals surface area contributed by atoms with Crippen molar-refractivity contribution in [3.05, 3.63) is 0 Å². The summed E-state index contributed by atoms with van der Waals surface area (Å²) < 4.78 is 0. The number of thioether (sulfide) groups is 2. The molecular weight excluding hydrogens is 292 g/mol. The number of hydrogen-bond acceptors (Lipinski definition) is 4. The fourth-order valence-electron chi connectivity index (χ4n) is 2.51. The van der Waals surface area contributed by atoms with E-state index in [1.54, 1.807) is 16.7 Å². The Morgan fingerprint density at radius 1 is 1.25 bits per heavy atom. The number of amides is 2.